The van der Waals surface area contributed by atoms with E-state index in [4.69, 9.17) is 10.5 Å². The van der Waals surface area contributed by atoms with Gasteiger partial charge in [-0.3, -0.25) is 0 Å². The number of hydrogen-bond donors (Lipinski definition) is 1. The molecule has 8 heteroatoms. The van der Waals surface area contributed by atoms with Gasteiger partial charge in [0.2, 0.25) is 10.0 Å². The molecule has 1 aliphatic rings. The van der Waals surface area contributed by atoms with E-state index in [2.05, 4.69) is 0 Å². The van der Waals surface area contributed by atoms with Gasteiger partial charge < -0.3 is 10.5 Å². The highest BCUT2D eigenvalue weighted by Crippen LogP contribution is 2.20. The lowest BCUT2D eigenvalue weighted by Gasteiger charge is -2.29. The highest BCUT2D eigenvalue weighted by atomic mass is 35.5. The van der Waals surface area contributed by atoms with Gasteiger partial charge in [-0.05, 0) is 44.0 Å². The molecular weight excluding hydrogens is 328 g/mol. The van der Waals surface area contributed by atoms with Gasteiger partial charge in [-0.25, -0.2) is 13.2 Å². The Hall–Kier alpha value is -1.15. The summed E-state index contributed by atoms with van der Waals surface area (Å²) in [4.78, 5) is 11.7. The fourth-order valence-corrected chi connectivity index (χ4v) is 3.85. The van der Waals surface area contributed by atoms with Gasteiger partial charge in [0.1, 0.15) is 0 Å². The van der Waals surface area contributed by atoms with Gasteiger partial charge in [-0.2, -0.15) is 4.31 Å². The first-order valence-electron chi connectivity index (χ1n) is 6.98. The van der Waals surface area contributed by atoms with Gasteiger partial charge in [-0.15, -0.1) is 12.4 Å². The molecule has 1 aliphatic heterocycles. The second kappa shape index (κ2) is 7.92. The summed E-state index contributed by atoms with van der Waals surface area (Å²) in [5.74, 6) is -0.457. The minimum absolute atomic E-state index is 0. The summed E-state index contributed by atoms with van der Waals surface area (Å²) in [6.45, 7) is 2.82. The Balaban J connectivity index is 0.00000242. The Morgan fingerprint density at radius 2 is 2.00 bits per heavy atom. The molecular formula is C14H21ClN2O4S. The topological polar surface area (TPSA) is 89.7 Å². The van der Waals surface area contributed by atoms with E-state index in [1.54, 1.807) is 6.92 Å². The van der Waals surface area contributed by atoms with Crippen molar-refractivity contribution in [3.05, 3.63) is 29.8 Å². The number of carbonyl (C=O) groups excluding carboxylic acids is 1. The van der Waals surface area contributed by atoms with E-state index in [0.29, 0.717) is 18.7 Å². The average molecular weight is 349 g/mol. The molecule has 22 heavy (non-hydrogen) atoms. The molecule has 0 aromatic heterocycles. The number of nitrogens with two attached hydrogens (primary N) is 1. The number of ether oxygens (including phenoxy) is 1. The van der Waals surface area contributed by atoms with Crippen LogP contribution in [0, 0.1) is 0 Å². The van der Waals surface area contributed by atoms with Crippen molar-refractivity contribution in [2.75, 3.05) is 19.7 Å². The van der Waals surface area contributed by atoms with Gasteiger partial charge in [-0.1, -0.05) is 0 Å². The van der Waals surface area contributed by atoms with Crippen LogP contribution in [0.25, 0.3) is 0 Å². The van der Waals surface area contributed by atoms with Crippen LogP contribution in [0.5, 0.6) is 0 Å². The lowest BCUT2D eigenvalue weighted by atomic mass is 10.1. The summed E-state index contributed by atoms with van der Waals surface area (Å²) < 4.78 is 31.3. The molecule has 6 nitrogen and oxygen atoms in total. The first kappa shape index (κ1) is 18.9. The maximum Gasteiger partial charge on any atom is 0.338 e. The maximum atomic E-state index is 12.5. The lowest BCUT2D eigenvalue weighted by Crippen LogP contribution is -2.45. The Kier molecular flexibility index (Phi) is 6.80. The summed E-state index contributed by atoms with van der Waals surface area (Å²) in [6, 6.07) is 5.68. The van der Waals surface area contributed by atoms with Crippen molar-refractivity contribution >= 4 is 28.4 Å². The summed E-state index contributed by atoms with van der Waals surface area (Å²) in [6.07, 6.45) is 1.61. The molecule has 2 N–H and O–H groups in total. The Bertz CT molecular complexity index is 604. The lowest BCUT2D eigenvalue weighted by molar-refractivity contribution is 0.0526. The van der Waals surface area contributed by atoms with Gasteiger partial charge in [0.25, 0.3) is 0 Å². The molecule has 1 saturated heterocycles. The second-order valence-corrected chi connectivity index (χ2v) is 6.95. The maximum absolute atomic E-state index is 12.5. The van der Waals surface area contributed by atoms with Crippen LogP contribution < -0.4 is 5.73 Å². The molecule has 1 heterocycles. The molecule has 0 unspecified atom stereocenters. The molecule has 1 fully saturated rings. The zero-order valence-corrected chi connectivity index (χ0v) is 14.0. The van der Waals surface area contributed by atoms with Crippen LogP contribution in [0.15, 0.2) is 29.2 Å². The molecule has 1 aromatic carbocycles. The van der Waals surface area contributed by atoms with E-state index in [1.165, 1.54) is 28.6 Å². The van der Waals surface area contributed by atoms with Gasteiger partial charge in [0.05, 0.1) is 17.1 Å². The number of piperidine rings is 1. The summed E-state index contributed by atoms with van der Waals surface area (Å²) >= 11 is 0. The van der Waals surface area contributed by atoms with Crippen molar-refractivity contribution in [1.82, 2.24) is 4.31 Å². The third kappa shape index (κ3) is 4.19. The van der Waals surface area contributed by atoms with Gasteiger partial charge >= 0.3 is 5.97 Å². The minimum Gasteiger partial charge on any atom is -0.462 e. The van der Waals surface area contributed by atoms with Crippen molar-refractivity contribution < 1.29 is 17.9 Å². The quantitative estimate of drug-likeness (QED) is 0.830. The number of esters is 1. The Morgan fingerprint density at radius 1 is 1.36 bits per heavy atom. The Labute approximate surface area is 137 Å². The van der Waals surface area contributed by atoms with E-state index < -0.39 is 16.0 Å². The molecule has 0 bridgehead atoms. The summed E-state index contributed by atoms with van der Waals surface area (Å²) in [7, 11) is -3.55. The Morgan fingerprint density at radius 3 is 2.55 bits per heavy atom. The van der Waals surface area contributed by atoms with Crippen molar-refractivity contribution in [3.8, 4) is 0 Å². The second-order valence-electron chi connectivity index (χ2n) is 5.01. The number of rotatable bonds is 4. The number of carbonyl (C=O) groups is 1. The van der Waals surface area contributed by atoms with Gasteiger partial charge in [0, 0.05) is 19.1 Å². The van der Waals surface area contributed by atoms with Crippen molar-refractivity contribution in [2.45, 2.75) is 30.7 Å². The van der Waals surface area contributed by atoms with E-state index >= 15 is 0 Å². The molecule has 0 spiro atoms. The van der Waals surface area contributed by atoms with E-state index in [0.717, 1.165) is 12.8 Å². The van der Waals surface area contributed by atoms with Gasteiger partial charge in [0.15, 0.2) is 0 Å². The molecule has 2 rings (SSSR count). The first-order valence-corrected chi connectivity index (χ1v) is 8.42. The summed E-state index contributed by atoms with van der Waals surface area (Å²) in [5, 5.41) is 0. The van der Waals surface area contributed by atoms with E-state index in [-0.39, 0.29) is 30.0 Å². The van der Waals surface area contributed by atoms with Crippen molar-refractivity contribution in [3.63, 3.8) is 0 Å². The third-order valence-corrected chi connectivity index (χ3v) is 5.30. The molecule has 0 saturated carbocycles. The zero-order chi connectivity index (χ0) is 15.5. The van der Waals surface area contributed by atoms with Crippen LogP contribution in [0.1, 0.15) is 30.1 Å². The molecule has 0 aliphatic carbocycles. The molecule has 1 atom stereocenters. The van der Waals surface area contributed by atoms with Crippen LogP contribution in [0.2, 0.25) is 0 Å². The molecule has 0 radical (unpaired) electrons. The monoisotopic (exact) mass is 348 g/mol. The number of nitrogens with zero attached hydrogens (tertiary/aromatic N) is 1. The van der Waals surface area contributed by atoms with E-state index in [9.17, 15) is 13.2 Å². The summed E-state index contributed by atoms with van der Waals surface area (Å²) in [5.41, 5.74) is 6.17. The fourth-order valence-electron chi connectivity index (χ4n) is 2.32. The van der Waals surface area contributed by atoms with Crippen molar-refractivity contribution in [1.29, 1.82) is 0 Å². The smallest absolute Gasteiger partial charge is 0.338 e. The number of benzene rings is 1. The van der Waals surface area contributed by atoms with Crippen LogP contribution in [0.3, 0.4) is 0 Å². The van der Waals surface area contributed by atoms with Crippen LogP contribution in [0.4, 0.5) is 0 Å². The van der Waals surface area contributed by atoms with Crippen LogP contribution in [-0.2, 0) is 14.8 Å². The predicted molar refractivity (Wildman–Crippen MR) is 85.6 cm³/mol. The first-order chi connectivity index (χ1) is 9.95. The average Bonchev–Trinajstić information content (AvgIpc) is 2.47. The minimum atomic E-state index is -3.55. The highest BCUT2D eigenvalue weighted by Gasteiger charge is 2.28. The van der Waals surface area contributed by atoms with Crippen LogP contribution in [-0.4, -0.2) is 44.4 Å². The third-order valence-electron chi connectivity index (χ3n) is 3.42. The fraction of sp³-hybridized carbons (Fsp3) is 0.500. The predicted octanol–water partition coefficient (Wildman–Crippen LogP) is 1.40. The largest absolute Gasteiger partial charge is 0.462 e. The molecule has 0 amide bonds. The SMILES string of the molecule is CCOC(=O)c1ccc(S(=O)(=O)N2CCC[C@@H](N)C2)cc1.Cl. The molecule has 1 aromatic rings. The standard InChI is InChI=1S/C14H20N2O4S.ClH/c1-2-20-14(17)11-5-7-13(8-6-11)21(18,19)16-9-3-4-12(15)10-16;/h5-8,12H,2-4,9-10,15H2,1H3;1H/t12-;/m1./s1. The number of hydrogen-bond acceptors (Lipinski definition) is 5. The van der Waals surface area contributed by atoms with Crippen LogP contribution >= 0.6 is 12.4 Å². The number of sulfonamides is 1. The number of halogens is 1. The van der Waals surface area contributed by atoms with E-state index in [1.807, 2.05) is 0 Å². The normalized spacial score (nSPS) is 19.3. The zero-order valence-electron chi connectivity index (χ0n) is 12.4. The molecule has 124 valence electrons. The highest BCUT2D eigenvalue weighted by molar-refractivity contribution is 7.89. The van der Waals surface area contributed by atoms with Crippen molar-refractivity contribution in [2.24, 2.45) is 5.73 Å².